The summed E-state index contributed by atoms with van der Waals surface area (Å²) < 4.78 is 17.7. The number of carbonyl (C=O) groups is 1. The van der Waals surface area contributed by atoms with E-state index < -0.39 is 0 Å². The molecule has 3 rings (SSSR count). The van der Waals surface area contributed by atoms with Gasteiger partial charge in [0.2, 0.25) is 0 Å². The zero-order valence-corrected chi connectivity index (χ0v) is 16.2. The van der Waals surface area contributed by atoms with E-state index in [0.29, 0.717) is 45.3 Å². The number of nitrogens with one attached hydrogen (secondary N) is 1. The van der Waals surface area contributed by atoms with Crippen LogP contribution in [0.4, 0.5) is 0 Å². The first-order valence-corrected chi connectivity index (χ1v) is 8.93. The van der Waals surface area contributed by atoms with E-state index in [1.807, 2.05) is 45.0 Å². The minimum Gasteiger partial charge on any atom is -0.490 e. The number of hydrogen-bond donors (Lipinski definition) is 1. The van der Waals surface area contributed by atoms with Crippen LogP contribution in [-0.4, -0.2) is 12.5 Å². The summed E-state index contributed by atoms with van der Waals surface area (Å²) in [5.41, 5.74) is 1.20. The molecule has 25 heavy (non-hydrogen) atoms. The Bertz CT molecular complexity index is 925. The fraction of sp³-hybridized carbons (Fsp3) is 0.316. The molecule has 6 heteroatoms. The summed E-state index contributed by atoms with van der Waals surface area (Å²) in [7, 11) is 0. The van der Waals surface area contributed by atoms with Crippen LogP contribution in [0.1, 0.15) is 47.5 Å². The van der Waals surface area contributed by atoms with Crippen LogP contribution >= 0.6 is 15.9 Å². The summed E-state index contributed by atoms with van der Waals surface area (Å²) in [4.78, 5) is 12.6. The molecule has 0 radical (unpaired) electrons. The van der Waals surface area contributed by atoms with E-state index in [1.165, 1.54) is 0 Å². The van der Waals surface area contributed by atoms with Crippen molar-refractivity contribution in [3.8, 4) is 5.75 Å². The highest BCUT2D eigenvalue weighted by atomic mass is 79.9. The molecular formula is C19H20BrNO4. The van der Waals surface area contributed by atoms with Crippen molar-refractivity contribution in [3.63, 3.8) is 0 Å². The standard InChI is InChI=1S/C19H20BrNO4/c1-5-23-14-8-6-7-13-9-15(25-18(13)14)10(2)21-19(22)16-11(3)24-12(4)17(16)20/h6-10H,5H2,1-4H3,(H,21,22). The monoisotopic (exact) mass is 405 g/mol. The normalized spacial score (nSPS) is 12.4. The quantitative estimate of drug-likeness (QED) is 0.625. The number of fused-ring (bicyclic) bond motifs is 1. The van der Waals surface area contributed by atoms with E-state index in [9.17, 15) is 4.79 Å². The number of aryl methyl sites for hydroxylation is 2. The average Bonchev–Trinajstić information content (AvgIpc) is 3.10. The second kappa shape index (κ2) is 6.96. The van der Waals surface area contributed by atoms with Crippen molar-refractivity contribution in [1.82, 2.24) is 5.32 Å². The van der Waals surface area contributed by atoms with Gasteiger partial charge in [0.15, 0.2) is 11.3 Å². The summed E-state index contributed by atoms with van der Waals surface area (Å²) in [6.07, 6.45) is 0. The van der Waals surface area contributed by atoms with E-state index in [1.54, 1.807) is 6.92 Å². The van der Waals surface area contributed by atoms with Gasteiger partial charge in [0.05, 0.1) is 22.7 Å². The lowest BCUT2D eigenvalue weighted by Crippen LogP contribution is -2.26. The Labute approximate surface area is 154 Å². The number of hydrogen-bond acceptors (Lipinski definition) is 4. The third-order valence-corrected chi connectivity index (χ3v) is 4.97. The molecule has 0 fully saturated rings. The maximum absolute atomic E-state index is 12.6. The minimum atomic E-state index is -0.295. The van der Waals surface area contributed by atoms with Gasteiger partial charge in [-0.1, -0.05) is 12.1 Å². The molecule has 132 valence electrons. The Kier molecular flexibility index (Phi) is 4.90. The smallest absolute Gasteiger partial charge is 0.256 e. The second-order valence-corrected chi connectivity index (χ2v) is 6.65. The highest BCUT2D eigenvalue weighted by Gasteiger charge is 2.23. The number of furan rings is 2. The van der Waals surface area contributed by atoms with Gasteiger partial charge in [-0.3, -0.25) is 4.79 Å². The number of carbonyl (C=O) groups excluding carboxylic acids is 1. The Morgan fingerprint density at radius 2 is 2.04 bits per heavy atom. The lowest BCUT2D eigenvalue weighted by Gasteiger charge is -2.11. The van der Waals surface area contributed by atoms with Crippen LogP contribution in [0.5, 0.6) is 5.75 Å². The van der Waals surface area contributed by atoms with Crippen molar-refractivity contribution in [2.24, 2.45) is 0 Å². The molecule has 0 aliphatic rings. The molecule has 0 saturated heterocycles. The zero-order chi connectivity index (χ0) is 18.1. The fourth-order valence-electron chi connectivity index (χ4n) is 2.79. The second-order valence-electron chi connectivity index (χ2n) is 5.85. The Balaban J connectivity index is 1.86. The maximum atomic E-state index is 12.6. The van der Waals surface area contributed by atoms with E-state index in [0.717, 1.165) is 5.39 Å². The number of ether oxygens (including phenoxy) is 1. The third-order valence-electron chi connectivity index (χ3n) is 4.02. The van der Waals surface area contributed by atoms with Gasteiger partial charge in [0.1, 0.15) is 17.3 Å². The summed E-state index contributed by atoms with van der Waals surface area (Å²) in [5.74, 6) is 2.43. The topological polar surface area (TPSA) is 64.6 Å². The molecule has 0 saturated carbocycles. The van der Waals surface area contributed by atoms with Gasteiger partial charge in [0.25, 0.3) is 5.91 Å². The molecule has 0 aliphatic carbocycles. The predicted molar refractivity (Wildman–Crippen MR) is 99.1 cm³/mol. The van der Waals surface area contributed by atoms with Gasteiger partial charge in [-0.25, -0.2) is 0 Å². The van der Waals surface area contributed by atoms with Gasteiger partial charge in [-0.05, 0) is 55.8 Å². The van der Waals surface area contributed by atoms with Crippen molar-refractivity contribution >= 4 is 32.8 Å². The lowest BCUT2D eigenvalue weighted by molar-refractivity contribution is 0.0933. The molecule has 0 aliphatic heterocycles. The SMILES string of the molecule is CCOc1cccc2cc(C(C)NC(=O)c3c(C)oc(C)c3Br)oc12. The molecule has 5 nitrogen and oxygen atoms in total. The molecular weight excluding hydrogens is 386 g/mol. The molecule has 2 heterocycles. The van der Waals surface area contributed by atoms with Crippen LogP contribution in [0, 0.1) is 13.8 Å². The van der Waals surface area contributed by atoms with Crippen molar-refractivity contribution in [2.45, 2.75) is 33.7 Å². The van der Waals surface area contributed by atoms with Crippen molar-refractivity contribution in [3.05, 3.63) is 51.6 Å². The maximum Gasteiger partial charge on any atom is 0.256 e. The van der Waals surface area contributed by atoms with E-state index in [2.05, 4.69) is 21.2 Å². The van der Waals surface area contributed by atoms with Crippen molar-refractivity contribution < 1.29 is 18.4 Å². The Hall–Kier alpha value is -2.21. The van der Waals surface area contributed by atoms with Crippen LogP contribution in [0.25, 0.3) is 11.0 Å². The number of amides is 1. The van der Waals surface area contributed by atoms with Gasteiger partial charge >= 0.3 is 0 Å². The van der Waals surface area contributed by atoms with Crippen molar-refractivity contribution in [1.29, 1.82) is 0 Å². The van der Waals surface area contributed by atoms with Gasteiger partial charge < -0.3 is 18.9 Å². The van der Waals surface area contributed by atoms with Crippen LogP contribution in [0.15, 0.2) is 37.6 Å². The minimum absolute atomic E-state index is 0.209. The molecule has 1 atom stereocenters. The van der Waals surface area contributed by atoms with E-state index in [-0.39, 0.29) is 11.9 Å². The van der Waals surface area contributed by atoms with Crippen LogP contribution < -0.4 is 10.1 Å². The number of halogens is 1. The molecule has 0 spiro atoms. The highest BCUT2D eigenvalue weighted by Crippen LogP contribution is 2.32. The first kappa shape index (κ1) is 17.6. The molecule has 1 unspecified atom stereocenters. The molecule has 0 bridgehead atoms. The lowest BCUT2D eigenvalue weighted by atomic mass is 10.2. The molecule has 1 N–H and O–H groups in total. The summed E-state index contributed by atoms with van der Waals surface area (Å²) in [5, 5.41) is 3.90. The first-order chi connectivity index (χ1) is 11.9. The van der Waals surface area contributed by atoms with Gasteiger partial charge in [0, 0.05) is 5.39 Å². The molecule has 2 aromatic heterocycles. The van der Waals surface area contributed by atoms with Crippen LogP contribution in [0.2, 0.25) is 0 Å². The number of benzene rings is 1. The zero-order valence-electron chi connectivity index (χ0n) is 14.6. The Morgan fingerprint density at radius 1 is 1.28 bits per heavy atom. The van der Waals surface area contributed by atoms with E-state index in [4.69, 9.17) is 13.6 Å². The first-order valence-electron chi connectivity index (χ1n) is 8.14. The van der Waals surface area contributed by atoms with Gasteiger partial charge in [-0.15, -0.1) is 0 Å². The van der Waals surface area contributed by atoms with Crippen molar-refractivity contribution in [2.75, 3.05) is 6.61 Å². The summed E-state index contributed by atoms with van der Waals surface area (Å²) in [6.45, 7) is 7.96. The molecule has 1 aromatic carbocycles. The van der Waals surface area contributed by atoms with Crippen LogP contribution in [-0.2, 0) is 0 Å². The largest absolute Gasteiger partial charge is 0.490 e. The summed E-state index contributed by atoms with van der Waals surface area (Å²) in [6, 6.07) is 7.38. The van der Waals surface area contributed by atoms with E-state index >= 15 is 0 Å². The summed E-state index contributed by atoms with van der Waals surface area (Å²) >= 11 is 3.41. The fourth-order valence-corrected chi connectivity index (χ4v) is 3.33. The Morgan fingerprint density at radius 3 is 2.68 bits per heavy atom. The molecule has 3 aromatic rings. The average molecular weight is 406 g/mol. The number of rotatable bonds is 5. The highest BCUT2D eigenvalue weighted by molar-refractivity contribution is 9.10. The predicted octanol–water partition coefficient (Wildman–Crippen LogP) is 5.29. The van der Waals surface area contributed by atoms with Gasteiger partial charge in [-0.2, -0.15) is 0 Å². The molecule has 1 amide bonds. The third kappa shape index (κ3) is 3.31. The number of para-hydroxylation sites is 1. The van der Waals surface area contributed by atoms with Crippen LogP contribution in [0.3, 0.4) is 0 Å².